The number of nitrogens with zero attached hydrogens (tertiary/aromatic N) is 1. The average Bonchev–Trinajstić information content (AvgIpc) is 3.03. The minimum atomic E-state index is -0.158. The molecule has 1 aromatic carbocycles. The van der Waals surface area contributed by atoms with Gasteiger partial charge in [0.05, 0.1) is 13.0 Å². The third-order valence-electron chi connectivity index (χ3n) is 5.74. The van der Waals surface area contributed by atoms with Crippen LogP contribution in [0.1, 0.15) is 44.6 Å². The van der Waals surface area contributed by atoms with E-state index in [9.17, 15) is 4.79 Å². The first-order valence-electron chi connectivity index (χ1n) is 9.47. The van der Waals surface area contributed by atoms with Gasteiger partial charge >= 0.3 is 5.97 Å². The monoisotopic (exact) mass is 342 g/mol. The predicted molar refractivity (Wildman–Crippen MR) is 102 cm³/mol. The summed E-state index contributed by atoms with van der Waals surface area (Å²) in [7, 11) is 1.47. The Bertz CT molecular complexity index is 641. The van der Waals surface area contributed by atoms with Crippen LogP contribution in [0.15, 0.2) is 35.9 Å². The van der Waals surface area contributed by atoms with Gasteiger partial charge in [-0.3, -0.25) is 9.69 Å². The van der Waals surface area contributed by atoms with Crippen molar-refractivity contribution in [1.29, 1.82) is 0 Å². The molecule has 0 saturated carbocycles. The molecule has 136 valence electrons. The summed E-state index contributed by atoms with van der Waals surface area (Å²) in [6.45, 7) is 7.52. The highest BCUT2D eigenvalue weighted by molar-refractivity contribution is 5.75. The van der Waals surface area contributed by atoms with Gasteiger partial charge in [0.2, 0.25) is 0 Å². The highest BCUT2D eigenvalue weighted by Gasteiger charge is 2.38. The molecule has 4 heteroatoms. The number of hydrogen-bond acceptors (Lipinski definition) is 4. The van der Waals surface area contributed by atoms with Crippen molar-refractivity contribution in [2.75, 3.05) is 32.1 Å². The molecule has 0 bridgehead atoms. The van der Waals surface area contributed by atoms with E-state index in [4.69, 9.17) is 4.74 Å². The SMILES string of the molecule is CCC1=CCCN(CC[C@@H]2c3ccccc3N[C@H]2[C@H](C)C(=O)OC)C1. The van der Waals surface area contributed by atoms with Crippen LogP contribution in [-0.2, 0) is 9.53 Å². The molecular formula is C21H30N2O2. The van der Waals surface area contributed by atoms with E-state index in [1.165, 1.54) is 18.4 Å². The lowest BCUT2D eigenvalue weighted by Crippen LogP contribution is -2.37. The van der Waals surface area contributed by atoms with Gasteiger partial charge in [0.15, 0.2) is 0 Å². The van der Waals surface area contributed by atoms with Crippen LogP contribution in [0.4, 0.5) is 5.69 Å². The van der Waals surface area contributed by atoms with Crippen LogP contribution in [-0.4, -0.2) is 43.7 Å². The Labute approximate surface area is 151 Å². The lowest BCUT2D eigenvalue weighted by molar-refractivity contribution is -0.145. The normalized spacial score (nSPS) is 24.2. The summed E-state index contributed by atoms with van der Waals surface area (Å²) in [5.74, 6) is 0.0561. The van der Waals surface area contributed by atoms with Crippen LogP contribution < -0.4 is 5.32 Å². The quantitative estimate of drug-likeness (QED) is 0.630. The van der Waals surface area contributed by atoms with Crippen molar-refractivity contribution in [3.8, 4) is 0 Å². The average molecular weight is 342 g/mol. The van der Waals surface area contributed by atoms with Gasteiger partial charge in [0.1, 0.15) is 0 Å². The van der Waals surface area contributed by atoms with E-state index < -0.39 is 0 Å². The van der Waals surface area contributed by atoms with Crippen molar-refractivity contribution >= 4 is 11.7 Å². The first kappa shape index (κ1) is 18.0. The number of nitrogens with one attached hydrogen (secondary N) is 1. The molecule has 25 heavy (non-hydrogen) atoms. The van der Waals surface area contributed by atoms with E-state index in [-0.39, 0.29) is 17.9 Å². The third-order valence-corrected chi connectivity index (χ3v) is 5.74. The zero-order valence-electron chi connectivity index (χ0n) is 15.6. The van der Waals surface area contributed by atoms with E-state index in [0.717, 1.165) is 38.9 Å². The number of carbonyl (C=O) groups is 1. The summed E-state index contributed by atoms with van der Waals surface area (Å²) >= 11 is 0. The fourth-order valence-electron chi connectivity index (χ4n) is 4.22. The molecule has 0 spiro atoms. The third kappa shape index (κ3) is 3.90. The Morgan fingerprint density at radius 2 is 2.20 bits per heavy atom. The maximum Gasteiger partial charge on any atom is 0.310 e. The van der Waals surface area contributed by atoms with Gasteiger partial charge in [-0.05, 0) is 44.4 Å². The second-order valence-corrected chi connectivity index (χ2v) is 7.25. The topological polar surface area (TPSA) is 41.6 Å². The second-order valence-electron chi connectivity index (χ2n) is 7.25. The standard InChI is InChI=1S/C21H30N2O2/c1-4-16-8-7-12-23(14-16)13-11-18-17-9-5-6-10-19(17)22-20(18)15(2)21(24)25-3/h5-6,8-10,15,18,20,22H,4,7,11-14H2,1-3H3/t15-,18+,20-/m0/s1. The lowest BCUT2D eigenvalue weighted by atomic mass is 9.85. The second kappa shape index (κ2) is 8.05. The summed E-state index contributed by atoms with van der Waals surface area (Å²) in [6, 6.07) is 8.57. The summed E-state index contributed by atoms with van der Waals surface area (Å²) in [4.78, 5) is 14.7. The highest BCUT2D eigenvalue weighted by atomic mass is 16.5. The Morgan fingerprint density at radius 1 is 1.40 bits per heavy atom. The van der Waals surface area contributed by atoms with Crippen molar-refractivity contribution < 1.29 is 9.53 Å². The molecule has 3 rings (SSSR count). The predicted octanol–water partition coefficient (Wildman–Crippen LogP) is 3.81. The zero-order valence-corrected chi connectivity index (χ0v) is 15.6. The smallest absolute Gasteiger partial charge is 0.310 e. The molecule has 0 fully saturated rings. The number of rotatable bonds is 6. The maximum atomic E-state index is 12.1. The van der Waals surface area contributed by atoms with Gasteiger partial charge in [0.25, 0.3) is 0 Å². The summed E-state index contributed by atoms with van der Waals surface area (Å²) in [5, 5.41) is 3.58. The van der Waals surface area contributed by atoms with E-state index in [1.807, 2.05) is 6.92 Å². The van der Waals surface area contributed by atoms with Gasteiger partial charge in [-0.1, -0.05) is 36.8 Å². The maximum absolute atomic E-state index is 12.1. The molecular weight excluding hydrogens is 312 g/mol. The van der Waals surface area contributed by atoms with Gasteiger partial charge in [-0.15, -0.1) is 0 Å². The number of carbonyl (C=O) groups excluding carboxylic acids is 1. The van der Waals surface area contributed by atoms with Crippen LogP contribution in [0.25, 0.3) is 0 Å². The van der Waals surface area contributed by atoms with Gasteiger partial charge < -0.3 is 10.1 Å². The molecule has 3 atom stereocenters. The molecule has 1 aromatic rings. The van der Waals surface area contributed by atoms with E-state index >= 15 is 0 Å². The van der Waals surface area contributed by atoms with Crippen LogP contribution in [0.3, 0.4) is 0 Å². The van der Waals surface area contributed by atoms with Crippen LogP contribution in [0, 0.1) is 5.92 Å². The van der Waals surface area contributed by atoms with E-state index in [1.54, 1.807) is 5.57 Å². The van der Waals surface area contributed by atoms with Crippen molar-refractivity contribution in [2.45, 2.75) is 45.1 Å². The number of para-hydroxylation sites is 1. The number of hydrogen-bond donors (Lipinski definition) is 1. The number of fused-ring (bicyclic) bond motifs is 1. The lowest BCUT2D eigenvalue weighted by Gasteiger charge is -2.30. The molecule has 0 aliphatic carbocycles. The van der Waals surface area contributed by atoms with Gasteiger partial charge in [0, 0.05) is 30.7 Å². The van der Waals surface area contributed by atoms with Gasteiger partial charge in [-0.25, -0.2) is 0 Å². The summed E-state index contributed by atoms with van der Waals surface area (Å²) in [5.41, 5.74) is 4.06. The molecule has 1 N–H and O–H groups in total. The molecule has 2 aliphatic heterocycles. The highest BCUT2D eigenvalue weighted by Crippen LogP contribution is 2.41. The largest absolute Gasteiger partial charge is 0.469 e. The molecule has 0 aromatic heterocycles. The van der Waals surface area contributed by atoms with E-state index in [2.05, 4.69) is 47.5 Å². The molecule has 0 saturated heterocycles. The van der Waals surface area contributed by atoms with Crippen molar-refractivity contribution in [2.24, 2.45) is 5.92 Å². The Morgan fingerprint density at radius 3 is 2.96 bits per heavy atom. The number of anilines is 1. The molecule has 0 unspecified atom stereocenters. The molecule has 0 radical (unpaired) electrons. The number of ether oxygens (including phenoxy) is 1. The van der Waals surface area contributed by atoms with Crippen molar-refractivity contribution in [3.63, 3.8) is 0 Å². The first-order chi connectivity index (χ1) is 12.1. The summed E-state index contributed by atoms with van der Waals surface area (Å²) in [6.07, 6.45) is 5.76. The van der Waals surface area contributed by atoms with Gasteiger partial charge in [-0.2, -0.15) is 0 Å². The minimum Gasteiger partial charge on any atom is -0.469 e. The molecule has 2 aliphatic rings. The zero-order chi connectivity index (χ0) is 17.8. The fourth-order valence-corrected chi connectivity index (χ4v) is 4.22. The van der Waals surface area contributed by atoms with Crippen LogP contribution in [0.5, 0.6) is 0 Å². The molecule has 0 amide bonds. The van der Waals surface area contributed by atoms with Crippen molar-refractivity contribution in [3.05, 3.63) is 41.5 Å². The first-order valence-corrected chi connectivity index (χ1v) is 9.47. The Hall–Kier alpha value is -1.81. The number of benzene rings is 1. The minimum absolute atomic E-state index is 0.107. The Balaban J connectivity index is 1.71. The number of methoxy groups -OCH3 is 1. The van der Waals surface area contributed by atoms with Crippen LogP contribution in [0.2, 0.25) is 0 Å². The fraction of sp³-hybridized carbons (Fsp3) is 0.571. The number of esters is 1. The van der Waals surface area contributed by atoms with E-state index in [0.29, 0.717) is 5.92 Å². The Kier molecular flexibility index (Phi) is 5.79. The van der Waals surface area contributed by atoms with Crippen molar-refractivity contribution in [1.82, 2.24) is 4.90 Å². The summed E-state index contributed by atoms with van der Waals surface area (Å²) < 4.78 is 5.00. The van der Waals surface area contributed by atoms with Crippen LogP contribution >= 0.6 is 0 Å². The molecule has 2 heterocycles. The molecule has 4 nitrogen and oxygen atoms in total.